The molecule has 2 aromatic carbocycles. The molecule has 1 amide bonds. The molecule has 2 heterocycles. The molecule has 0 saturated carbocycles. The summed E-state index contributed by atoms with van der Waals surface area (Å²) in [5.41, 5.74) is 0.730. The van der Waals surface area contributed by atoms with E-state index < -0.39 is 0 Å². The van der Waals surface area contributed by atoms with Gasteiger partial charge in [-0.05, 0) is 36.4 Å². The van der Waals surface area contributed by atoms with Crippen molar-refractivity contribution in [2.75, 3.05) is 5.32 Å². The first-order valence-corrected chi connectivity index (χ1v) is 8.86. The molecular weight excluding hydrogens is 350 g/mol. The van der Waals surface area contributed by atoms with E-state index in [4.69, 9.17) is 4.74 Å². The van der Waals surface area contributed by atoms with Gasteiger partial charge in [-0.2, -0.15) is 9.61 Å². The molecule has 0 unspecified atom stereocenters. The van der Waals surface area contributed by atoms with Gasteiger partial charge in [0.1, 0.15) is 22.8 Å². The third-order valence-corrected chi connectivity index (χ3v) is 4.58. The molecule has 7 nitrogen and oxygen atoms in total. The lowest BCUT2D eigenvalue weighted by Gasteiger charge is -2.08. The van der Waals surface area contributed by atoms with Crippen molar-refractivity contribution in [2.24, 2.45) is 0 Å². The molecule has 0 aliphatic carbocycles. The molecule has 8 heteroatoms. The predicted octanol–water partition coefficient (Wildman–Crippen LogP) is 3.55. The number of amides is 1. The highest BCUT2D eigenvalue weighted by atomic mass is 32.1. The van der Waals surface area contributed by atoms with Gasteiger partial charge in [-0.1, -0.05) is 29.5 Å². The molecule has 0 spiro atoms. The van der Waals surface area contributed by atoms with Gasteiger partial charge in [0, 0.05) is 18.5 Å². The molecule has 4 aromatic rings. The number of hydrogen-bond donors (Lipinski definition) is 1. The maximum Gasteiger partial charge on any atom is 0.234 e. The van der Waals surface area contributed by atoms with Gasteiger partial charge in [-0.15, -0.1) is 10.2 Å². The van der Waals surface area contributed by atoms with Crippen LogP contribution >= 0.6 is 11.3 Å². The number of para-hydroxylation sites is 1. The Balaban J connectivity index is 1.30. The number of anilines is 1. The van der Waals surface area contributed by atoms with E-state index in [1.165, 1.54) is 11.3 Å². The van der Waals surface area contributed by atoms with Crippen molar-refractivity contribution < 1.29 is 9.53 Å². The number of hydrogen-bond acceptors (Lipinski definition) is 6. The molecule has 0 aliphatic rings. The molecule has 0 bridgehead atoms. The Morgan fingerprint density at radius 3 is 2.62 bits per heavy atom. The van der Waals surface area contributed by atoms with E-state index in [0.717, 1.165) is 21.4 Å². The number of ether oxygens (including phenoxy) is 1. The van der Waals surface area contributed by atoms with Gasteiger partial charge in [0.15, 0.2) is 0 Å². The number of nitrogens with zero attached hydrogens (tertiary/aromatic N) is 4. The summed E-state index contributed by atoms with van der Waals surface area (Å²) in [6.07, 6.45) is 2.47. The van der Waals surface area contributed by atoms with Crippen molar-refractivity contribution in [3.8, 4) is 11.5 Å². The number of aryl methyl sites for hydroxylation is 1. The van der Waals surface area contributed by atoms with Crippen LogP contribution in [0.5, 0.6) is 11.5 Å². The largest absolute Gasteiger partial charge is 0.457 e. The van der Waals surface area contributed by atoms with Gasteiger partial charge in [0.25, 0.3) is 0 Å². The molecule has 0 radical (unpaired) electrons. The van der Waals surface area contributed by atoms with Crippen molar-refractivity contribution in [1.82, 2.24) is 19.8 Å². The second kappa shape index (κ2) is 7.32. The van der Waals surface area contributed by atoms with Crippen LogP contribution in [0.2, 0.25) is 0 Å². The Kier molecular flexibility index (Phi) is 4.57. The van der Waals surface area contributed by atoms with Crippen LogP contribution in [0.4, 0.5) is 5.69 Å². The van der Waals surface area contributed by atoms with Gasteiger partial charge < -0.3 is 10.1 Å². The maximum atomic E-state index is 12.1. The minimum absolute atomic E-state index is 0.0623. The van der Waals surface area contributed by atoms with E-state index in [1.807, 2.05) is 54.6 Å². The summed E-state index contributed by atoms with van der Waals surface area (Å²) < 4.78 is 7.35. The van der Waals surface area contributed by atoms with Gasteiger partial charge in [0.05, 0.1) is 0 Å². The highest BCUT2D eigenvalue weighted by molar-refractivity contribution is 7.16. The summed E-state index contributed by atoms with van der Waals surface area (Å²) in [4.78, 5) is 12.8. The van der Waals surface area contributed by atoms with Crippen LogP contribution in [-0.2, 0) is 11.2 Å². The molecule has 0 atom stereocenters. The Bertz CT molecular complexity index is 982. The standard InChI is InChI=1S/C18H15N5O2S/c24-16(10-11-17-22-23-12-19-21-18(23)26-17)20-13-6-8-15(9-7-13)25-14-4-2-1-3-5-14/h1-9,12H,10-11H2,(H,20,24). The first-order chi connectivity index (χ1) is 12.8. The Hall–Kier alpha value is -3.26. The SMILES string of the molecule is O=C(CCc1nn2cnnc2s1)Nc1ccc(Oc2ccccc2)cc1. The van der Waals surface area contributed by atoms with Gasteiger partial charge in [-0.3, -0.25) is 4.79 Å². The van der Waals surface area contributed by atoms with Crippen LogP contribution in [0.15, 0.2) is 60.9 Å². The van der Waals surface area contributed by atoms with E-state index in [-0.39, 0.29) is 5.91 Å². The quantitative estimate of drug-likeness (QED) is 0.565. The van der Waals surface area contributed by atoms with Crippen LogP contribution in [0.3, 0.4) is 0 Å². The third kappa shape index (κ3) is 3.86. The zero-order valence-corrected chi connectivity index (χ0v) is 14.5. The fourth-order valence-corrected chi connectivity index (χ4v) is 3.19. The highest BCUT2D eigenvalue weighted by Crippen LogP contribution is 2.22. The summed E-state index contributed by atoms with van der Waals surface area (Å²) in [5.74, 6) is 1.43. The lowest BCUT2D eigenvalue weighted by molar-refractivity contribution is -0.116. The number of fused-ring (bicyclic) bond motifs is 1. The molecule has 0 saturated heterocycles. The number of benzene rings is 2. The summed E-state index contributed by atoms with van der Waals surface area (Å²) in [5, 5.41) is 15.7. The second-order valence-electron chi connectivity index (χ2n) is 5.54. The lowest BCUT2D eigenvalue weighted by atomic mass is 10.2. The molecule has 2 aromatic heterocycles. The molecular formula is C18H15N5O2S. The minimum atomic E-state index is -0.0623. The monoisotopic (exact) mass is 365 g/mol. The Labute approximate surface area is 153 Å². The first kappa shape index (κ1) is 16.2. The van der Waals surface area contributed by atoms with E-state index in [0.29, 0.717) is 18.6 Å². The topological polar surface area (TPSA) is 81.4 Å². The van der Waals surface area contributed by atoms with Crippen LogP contribution < -0.4 is 10.1 Å². The molecule has 0 fully saturated rings. The second-order valence-corrected chi connectivity index (χ2v) is 6.58. The smallest absolute Gasteiger partial charge is 0.234 e. The van der Waals surface area contributed by atoms with Crippen LogP contribution in [0.25, 0.3) is 4.96 Å². The molecule has 4 rings (SSSR count). The van der Waals surface area contributed by atoms with Crippen molar-refractivity contribution in [3.63, 3.8) is 0 Å². The predicted molar refractivity (Wildman–Crippen MR) is 98.6 cm³/mol. The van der Waals surface area contributed by atoms with Crippen LogP contribution in [0, 0.1) is 0 Å². The number of carbonyl (C=O) groups is 1. The Morgan fingerprint density at radius 2 is 1.85 bits per heavy atom. The zero-order chi connectivity index (χ0) is 17.8. The van der Waals surface area contributed by atoms with Gasteiger partial charge in [0.2, 0.25) is 10.9 Å². The average Bonchev–Trinajstić information content (AvgIpc) is 3.24. The highest BCUT2D eigenvalue weighted by Gasteiger charge is 2.09. The summed E-state index contributed by atoms with van der Waals surface area (Å²) in [7, 11) is 0. The van der Waals surface area contributed by atoms with E-state index >= 15 is 0 Å². The normalized spacial score (nSPS) is 10.8. The number of nitrogens with one attached hydrogen (secondary N) is 1. The van der Waals surface area contributed by atoms with Crippen LogP contribution in [0.1, 0.15) is 11.4 Å². The van der Waals surface area contributed by atoms with Gasteiger partial charge >= 0.3 is 0 Å². The summed E-state index contributed by atoms with van der Waals surface area (Å²) in [6.45, 7) is 0. The third-order valence-electron chi connectivity index (χ3n) is 3.61. The lowest BCUT2D eigenvalue weighted by Crippen LogP contribution is -2.12. The molecule has 0 aliphatic heterocycles. The number of aromatic nitrogens is 4. The van der Waals surface area contributed by atoms with Crippen molar-refractivity contribution in [2.45, 2.75) is 12.8 Å². The van der Waals surface area contributed by atoms with E-state index in [9.17, 15) is 4.79 Å². The van der Waals surface area contributed by atoms with E-state index in [2.05, 4.69) is 20.6 Å². The minimum Gasteiger partial charge on any atom is -0.457 e. The summed E-state index contributed by atoms with van der Waals surface area (Å²) in [6, 6.07) is 16.8. The molecule has 130 valence electrons. The average molecular weight is 365 g/mol. The van der Waals surface area contributed by atoms with Gasteiger partial charge in [-0.25, -0.2) is 0 Å². The van der Waals surface area contributed by atoms with Crippen molar-refractivity contribution >= 4 is 27.9 Å². The number of carbonyl (C=O) groups excluding carboxylic acids is 1. The molecule has 1 N–H and O–H groups in total. The zero-order valence-electron chi connectivity index (χ0n) is 13.7. The fourth-order valence-electron chi connectivity index (χ4n) is 2.38. The fraction of sp³-hybridized carbons (Fsp3) is 0.111. The first-order valence-electron chi connectivity index (χ1n) is 8.05. The Morgan fingerprint density at radius 1 is 1.08 bits per heavy atom. The summed E-state index contributed by atoms with van der Waals surface area (Å²) >= 11 is 1.44. The van der Waals surface area contributed by atoms with Crippen molar-refractivity contribution in [1.29, 1.82) is 0 Å². The maximum absolute atomic E-state index is 12.1. The van der Waals surface area contributed by atoms with Crippen LogP contribution in [-0.4, -0.2) is 25.7 Å². The van der Waals surface area contributed by atoms with Crippen molar-refractivity contribution in [3.05, 3.63) is 65.9 Å². The molecule has 26 heavy (non-hydrogen) atoms. The van der Waals surface area contributed by atoms with E-state index in [1.54, 1.807) is 10.8 Å². The number of rotatable bonds is 6.